The van der Waals surface area contributed by atoms with Gasteiger partial charge in [0.05, 0.1) is 11.2 Å². The number of hydrogen-bond donors (Lipinski definition) is 2. The molecule has 0 saturated carbocycles. The molecule has 0 saturated heterocycles. The number of nitrogens with one attached hydrogen (secondary N) is 1. The van der Waals surface area contributed by atoms with Crippen LogP contribution in [0.25, 0.3) is 11.2 Å². The molecule has 0 fully saturated rings. The smallest absolute Gasteiger partial charge is 0.181 e. The van der Waals surface area contributed by atoms with E-state index in [1.165, 1.54) is 18.1 Å². The van der Waals surface area contributed by atoms with Gasteiger partial charge in [-0.25, -0.2) is 15.0 Å². The van der Waals surface area contributed by atoms with Crippen LogP contribution < -0.4 is 0 Å². The van der Waals surface area contributed by atoms with Gasteiger partial charge in [0.2, 0.25) is 0 Å². The monoisotopic (exact) mass is 244 g/mol. The number of benzene rings is 1. The minimum atomic E-state index is 0.240. The fraction of sp³-hybridized carbons (Fsp3) is 0. The number of phenols is 1. The highest BCUT2D eigenvalue weighted by Gasteiger charge is 2.09. The second-order valence-corrected chi connectivity index (χ2v) is 4.38. The molecule has 84 valence electrons. The molecule has 0 bridgehead atoms. The van der Waals surface area contributed by atoms with Crippen LogP contribution in [0.5, 0.6) is 5.75 Å². The highest BCUT2D eigenvalue weighted by atomic mass is 32.2. The van der Waals surface area contributed by atoms with E-state index in [2.05, 4.69) is 19.9 Å². The Kier molecular flexibility index (Phi) is 2.41. The van der Waals surface area contributed by atoms with Gasteiger partial charge in [-0.15, -0.1) is 0 Å². The minimum absolute atomic E-state index is 0.240. The number of hydrogen-bond acceptors (Lipinski definition) is 5. The maximum absolute atomic E-state index is 9.70. The topological polar surface area (TPSA) is 74.7 Å². The lowest BCUT2D eigenvalue weighted by atomic mass is 10.3. The van der Waals surface area contributed by atoms with Gasteiger partial charge < -0.3 is 10.1 Å². The third-order valence-corrected chi connectivity index (χ3v) is 3.33. The van der Waals surface area contributed by atoms with Crippen molar-refractivity contribution in [3.8, 4) is 5.75 Å². The summed E-state index contributed by atoms with van der Waals surface area (Å²) in [7, 11) is 0. The molecule has 0 aliphatic heterocycles. The van der Waals surface area contributed by atoms with Crippen molar-refractivity contribution in [1.29, 1.82) is 0 Å². The second kappa shape index (κ2) is 4.06. The number of fused-ring (bicyclic) bond motifs is 1. The van der Waals surface area contributed by atoms with Gasteiger partial charge >= 0.3 is 0 Å². The van der Waals surface area contributed by atoms with Gasteiger partial charge in [0.15, 0.2) is 5.65 Å². The Balaban J connectivity index is 2.06. The summed E-state index contributed by atoms with van der Waals surface area (Å²) in [6.45, 7) is 0. The molecule has 0 radical (unpaired) electrons. The summed E-state index contributed by atoms with van der Waals surface area (Å²) in [5, 5.41) is 10.4. The Morgan fingerprint density at radius 1 is 1.12 bits per heavy atom. The number of aromatic hydroxyl groups is 1. The van der Waals surface area contributed by atoms with Crippen molar-refractivity contribution in [2.24, 2.45) is 0 Å². The maximum atomic E-state index is 9.70. The number of imidazole rings is 1. The Morgan fingerprint density at radius 3 is 2.88 bits per heavy atom. The molecule has 3 rings (SSSR count). The van der Waals surface area contributed by atoms with Crippen molar-refractivity contribution in [2.75, 3.05) is 0 Å². The van der Waals surface area contributed by atoms with Crippen LogP contribution in [-0.2, 0) is 0 Å². The predicted octanol–water partition coefficient (Wildman–Crippen LogP) is 2.21. The standard InChI is InChI=1S/C11H8N4OS/c16-7-3-1-2-4-8(7)17-11-9-10(13-5-12-9)14-6-15-11/h1-6,16H,(H,12,13,14,15). The average Bonchev–Trinajstić information content (AvgIpc) is 2.81. The van der Waals surface area contributed by atoms with E-state index in [9.17, 15) is 5.11 Å². The summed E-state index contributed by atoms with van der Waals surface area (Å²) in [5.41, 5.74) is 1.40. The molecule has 2 aromatic heterocycles. The molecule has 3 aromatic rings. The summed E-state index contributed by atoms with van der Waals surface area (Å²) in [4.78, 5) is 16.0. The zero-order chi connectivity index (χ0) is 11.7. The van der Waals surface area contributed by atoms with E-state index in [1.807, 2.05) is 12.1 Å². The van der Waals surface area contributed by atoms with Crippen molar-refractivity contribution in [3.05, 3.63) is 36.9 Å². The molecule has 0 unspecified atom stereocenters. The van der Waals surface area contributed by atoms with Gasteiger partial charge in [-0.05, 0) is 12.1 Å². The largest absolute Gasteiger partial charge is 0.507 e. The number of nitrogens with zero attached hydrogens (tertiary/aromatic N) is 3. The number of phenolic OH excluding ortho intramolecular Hbond substituents is 1. The van der Waals surface area contributed by atoms with Crippen molar-refractivity contribution < 1.29 is 5.11 Å². The molecule has 0 spiro atoms. The van der Waals surface area contributed by atoms with Crippen LogP contribution in [0, 0.1) is 0 Å². The van der Waals surface area contributed by atoms with Gasteiger partial charge in [-0.3, -0.25) is 0 Å². The third-order valence-electron chi connectivity index (χ3n) is 2.26. The van der Waals surface area contributed by atoms with E-state index < -0.39 is 0 Å². The SMILES string of the molecule is Oc1ccccc1Sc1ncnc2nc[nH]c12. The average molecular weight is 244 g/mol. The summed E-state index contributed by atoms with van der Waals surface area (Å²) < 4.78 is 0. The van der Waals surface area contributed by atoms with E-state index in [0.717, 1.165) is 15.4 Å². The number of aromatic amines is 1. The first-order valence-electron chi connectivity index (χ1n) is 4.94. The predicted molar refractivity (Wildman–Crippen MR) is 63.9 cm³/mol. The summed E-state index contributed by atoms with van der Waals surface area (Å²) in [5.74, 6) is 0.240. The fourth-order valence-electron chi connectivity index (χ4n) is 1.47. The van der Waals surface area contributed by atoms with Gasteiger partial charge in [0.1, 0.15) is 22.6 Å². The first kappa shape index (κ1) is 10.1. The molecular weight excluding hydrogens is 236 g/mol. The zero-order valence-corrected chi connectivity index (χ0v) is 9.48. The van der Waals surface area contributed by atoms with Crippen molar-refractivity contribution in [2.45, 2.75) is 9.92 Å². The zero-order valence-electron chi connectivity index (χ0n) is 8.66. The highest BCUT2D eigenvalue weighted by Crippen LogP contribution is 2.34. The molecule has 1 aromatic carbocycles. The van der Waals surface area contributed by atoms with Crippen molar-refractivity contribution in [1.82, 2.24) is 19.9 Å². The lowest BCUT2D eigenvalue weighted by Gasteiger charge is -2.03. The molecule has 0 aliphatic rings. The van der Waals surface area contributed by atoms with E-state index in [4.69, 9.17) is 0 Å². The normalized spacial score (nSPS) is 10.8. The molecule has 2 heterocycles. The summed E-state index contributed by atoms with van der Waals surface area (Å²) in [6.07, 6.45) is 3.04. The third kappa shape index (κ3) is 1.83. The molecule has 0 aliphatic carbocycles. The Labute approximate surface area is 101 Å². The number of aromatic nitrogens is 4. The van der Waals surface area contributed by atoms with Crippen LogP contribution in [0.2, 0.25) is 0 Å². The van der Waals surface area contributed by atoms with Crippen LogP contribution in [0.15, 0.2) is 46.8 Å². The van der Waals surface area contributed by atoms with Crippen molar-refractivity contribution in [3.63, 3.8) is 0 Å². The molecule has 0 atom stereocenters. The summed E-state index contributed by atoms with van der Waals surface area (Å²) >= 11 is 1.38. The highest BCUT2D eigenvalue weighted by molar-refractivity contribution is 7.99. The second-order valence-electron chi connectivity index (χ2n) is 3.35. The number of rotatable bonds is 2. The lowest BCUT2D eigenvalue weighted by Crippen LogP contribution is -1.85. The first-order chi connectivity index (χ1) is 8.34. The number of para-hydroxylation sites is 1. The van der Waals surface area contributed by atoms with Crippen LogP contribution >= 0.6 is 11.8 Å². The van der Waals surface area contributed by atoms with E-state index in [0.29, 0.717) is 5.65 Å². The van der Waals surface area contributed by atoms with E-state index >= 15 is 0 Å². The minimum Gasteiger partial charge on any atom is -0.507 e. The molecular formula is C11H8N4OS. The Hall–Kier alpha value is -2.08. The molecule has 6 heteroatoms. The van der Waals surface area contributed by atoms with Crippen molar-refractivity contribution >= 4 is 22.9 Å². The van der Waals surface area contributed by atoms with E-state index in [-0.39, 0.29) is 5.75 Å². The molecule has 2 N–H and O–H groups in total. The van der Waals surface area contributed by atoms with Crippen LogP contribution in [0.4, 0.5) is 0 Å². The Bertz CT molecular complexity index is 667. The van der Waals surface area contributed by atoms with Gasteiger partial charge in [0, 0.05) is 0 Å². The quantitative estimate of drug-likeness (QED) is 0.676. The van der Waals surface area contributed by atoms with Crippen LogP contribution in [-0.4, -0.2) is 25.0 Å². The fourth-order valence-corrected chi connectivity index (χ4v) is 2.35. The van der Waals surface area contributed by atoms with Gasteiger partial charge in [0.25, 0.3) is 0 Å². The van der Waals surface area contributed by atoms with Gasteiger partial charge in [-0.1, -0.05) is 23.9 Å². The molecule has 5 nitrogen and oxygen atoms in total. The molecule has 0 amide bonds. The van der Waals surface area contributed by atoms with Crippen LogP contribution in [0.3, 0.4) is 0 Å². The van der Waals surface area contributed by atoms with E-state index in [1.54, 1.807) is 18.5 Å². The molecule has 17 heavy (non-hydrogen) atoms. The number of H-pyrrole nitrogens is 1. The van der Waals surface area contributed by atoms with Gasteiger partial charge in [-0.2, -0.15) is 0 Å². The summed E-state index contributed by atoms with van der Waals surface area (Å²) in [6, 6.07) is 7.14. The Morgan fingerprint density at radius 2 is 2.00 bits per heavy atom. The maximum Gasteiger partial charge on any atom is 0.181 e. The lowest BCUT2D eigenvalue weighted by molar-refractivity contribution is 0.462. The van der Waals surface area contributed by atoms with Crippen LogP contribution in [0.1, 0.15) is 0 Å². The first-order valence-corrected chi connectivity index (χ1v) is 5.76.